The number of carboxylic acids is 1. The monoisotopic (exact) mass is 369 g/mol. The molecule has 3 aromatic rings. The van der Waals surface area contributed by atoms with Gasteiger partial charge in [-0.2, -0.15) is 8.42 Å². The summed E-state index contributed by atoms with van der Waals surface area (Å²) in [4.78, 5) is 18.2. The van der Waals surface area contributed by atoms with Crippen molar-refractivity contribution in [1.29, 1.82) is 0 Å². The third-order valence-electron chi connectivity index (χ3n) is 2.79. The van der Waals surface area contributed by atoms with Crippen LogP contribution >= 0.6 is 11.3 Å². The fraction of sp³-hybridized carbons (Fsp3) is 0. The van der Waals surface area contributed by atoms with Crippen LogP contribution in [0.2, 0.25) is 0 Å². The molecule has 11 heteroatoms. The average Bonchev–Trinajstić information content (AvgIpc) is 3.17. The second-order valence-corrected chi connectivity index (χ2v) is 6.93. The fourth-order valence-corrected chi connectivity index (χ4v) is 3.73. The van der Waals surface area contributed by atoms with Crippen LogP contribution in [0.25, 0.3) is 10.6 Å². The van der Waals surface area contributed by atoms with Gasteiger partial charge in [0.15, 0.2) is 5.03 Å². The van der Waals surface area contributed by atoms with Crippen molar-refractivity contribution in [2.75, 3.05) is 4.72 Å². The summed E-state index contributed by atoms with van der Waals surface area (Å²) in [6, 6.07) is 4.95. The molecule has 0 amide bonds. The predicted octanol–water partition coefficient (Wildman–Crippen LogP) is 2.44. The van der Waals surface area contributed by atoms with E-state index >= 15 is 0 Å². The highest BCUT2D eigenvalue weighted by Gasteiger charge is 2.22. The van der Waals surface area contributed by atoms with E-state index in [9.17, 15) is 17.6 Å². The number of rotatable bonds is 5. The predicted molar refractivity (Wildman–Crippen MR) is 81.8 cm³/mol. The van der Waals surface area contributed by atoms with Gasteiger partial charge in [0.25, 0.3) is 10.0 Å². The Morgan fingerprint density at radius 1 is 1.29 bits per heavy atom. The van der Waals surface area contributed by atoms with Gasteiger partial charge in [-0.05, 0) is 24.3 Å². The van der Waals surface area contributed by atoms with Gasteiger partial charge >= 0.3 is 12.0 Å². The summed E-state index contributed by atoms with van der Waals surface area (Å²) in [6.45, 7) is 0. The second-order valence-electron chi connectivity index (χ2n) is 4.44. The van der Waals surface area contributed by atoms with Crippen LogP contribution in [-0.2, 0) is 10.0 Å². The van der Waals surface area contributed by atoms with E-state index in [1.165, 1.54) is 29.6 Å². The Balaban J connectivity index is 1.84. The first kappa shape index (κ1) is 16.1. The van der Waals surface area contributed by atoms with Gasteiger partial charge in [0, 0.05) is 10.9 Å². The quantitative estimate of drug-likeness (QED) is 0.708. The number of sulfonamides is 1. The molecule has 24 heavy (non-hydrogen) atoms. The number of hydrogen-bond donors (Lipinski definition) is 2. The van der Waals surface area contributed by atoms with Gasteiger partial charge in [0.05, 0.1) is 6.20 Å². The Morgan fingerprint density at radius 2 is 2.00 bits per heavy atom. The zero-order valence-corrected chi connectivity index (χ0v) is 13.3. The molecule has 2 heterocycles. The van der Waals surface area contributed by atoms with Gasteiger partial charge in [-0.1, -0.05) is 0 Å². The number of nitrogens with zero attached hydrogens (tertiary/aromatic N) is 2. The van der Waals surface area contributed by atoms with Gasteiger partial charge in [0.2, 0.25) is 5.76 Å². The molecule has 3 rings (SSSR count). The van der Waals surface area contributed by atoms with Crippen LogP contribution in [0.5, 0.6) is 0 Å². The molecule has 2 N–H and O–H groups in total. The molecule has 0 saturated carbocycles. The molecule has 0 spiro atoms. The maximum Gasteiger partial charge on any atom is 0.373 e. The highest BCUT2D eigenvalue weighted by Crippen LogP contribution is 2.26. The van der Waals surface area contributed by atoms with Crippen LogP contribution in [0, 0.1) is 5.82 Å². The molecule has 0 fully saturated rings. The summed E-state index contributed by atoms with van der Waals surface area (Å²) in [5.74, 6) is -2.29. The molecule has 124 valence electrons. The van der Waals surface area contributed by atoms with Gasteiger partial charge in [0.1, 0.15) is 10.8 Å². The number of oxazole rings is 1. The summed E-state index contributed by atoms with van der Waals surface area (Å²) in [5.41, 5.74) is 0.562. The Morgan fingerprint density at radius 3 is 2.62 bits per heavy atom. The molecule has 8 nitrogen and oxygen atoms in total. The number of aromatic carboxylic acids is 1. The molecular weight excluding hydrogens is 361 g/mol. The van der Waals surface area contributed by atoms with Crippen molar-refractivity contribution in [3.05, 3.63) is 47.4 Å². The average molecular weight is 369 g/mol. The van der Waals surface area contributed by atoms with Crippen LogP contribution in [0.4, 0.5) is 10.4 Å². The number of aromatic nitrogens is 2. The van der Waals surface area contributed by atoms with Crippen molar-refractivity contribution in [2.24, 2.45) is 0 Å². The highest BCUT2D eigenvalue weighted by molar-refractivity contribution is 7.92. The lowest BCUT2D eigenvalue weighted by atomic mass is 10.2. The smallest absolute Gasteiger partial charge is 0.373 e. The summed E-state index contributed by atoms with van der Waals surface area (Å²) < 4.78 is 44.1. The highest BCUT2D eigenvalue weighted by atomic mass is 32.2. The van der Waals surface area contributed by atoms with E-state index in [0.717, 1.165) is 17.5 Å². The number of anilines is 1. The number of carbonyl (C=O) groups is 1. The van der Waals surface area contributed by atoms with Gasteiger partial charge in [-0.3, -0.25) is 0 Å². The minimum atomic E-state index is -4.09. The molecule has 0 aliphatic carbocycles. The molecule has 0 unspecified atom stereocenters. The Labute approximate surface area is 138 Å². The van der Waals surface area contributed by atoms with E-state index in [1.54, 1.807) is 0 Å². The third-order valence-corrected chi connectivity index (χ3v) is 5.03. The largest absolute Gasteiger partial charge is 0.475 e. The number of thiazole rings is 1. The molecular formula is C13H8FN3O5S2. The summed E-state index contributed by atoms with van der Waals surface area (Å²) >= 11 is 1.06. The van der Waals surface area contributed by atoms with Crippen LogP contribution in [0.3, 0.4) is 0 Å². The molecule has 0 saturated heterocycles. The van der Waals surface area contributed by atoms with E-state index in [-0.39, 0.29) is 5.03 Å². The Bertz CT molecular complexity index is 995. The van der Waals surface area contributed by atoms with Crippen LogP contribution in [0.15, 0.2) is 45.3 Å². The van der Waals surface area contributed by atoms with E-state index in [1.807, 2.05) is 4.72 Å². The lowest BCUT2D eigenvalue weighted by molar-refractivity contribution is 0.0663. The van der Waals surface area contributed by atoms with Crippen molar-refractivity contribution < 1.29 is 27.1 Å². The van der Waals surface area contributed by atoms with Crippen molar-refractivity contribution in [2.45, 2.75) is 5.03 Å². The molecule has 0 bridgehead atoms. The molecule has 0 aliphatic heterocycles. The molecule has 0 atom stereocenters. The fourth-order valence-electron chi connectivity index (χ4n) is 1.69. The van der Waals surface area contributed by atoms with Crippen molar-refractivity contribution in [1.82, 2.24) is 9.97 Å². The lowest BCUT2D eigenvalue weighted by Gasteiger charge is -2.00. The Hall–Kier alpha value is -2.79. The first-order chi connectivity index (χ1) is 11.3. The number of hydrogen-bond acceptors (Lipinski definition) is 7. The van der Waals surface area contributed by atoms with Crippen LogP contribution in [0.1, 0.15) is 10.6 Å². The maximum atomic E-state index is 12.9. The van der Waals surface area contributed by atoms with Crippen molar-refractivity contribution >= 4 is 33.3 Å². The van der Waals surface area contributed by atoms with Gasteiger partial charge in [-0.15, -0.1) is 11.3 Å². The maximum absolute atomic E-state index is 12.9. The van der Waals surface area contributed by atoms with Crippen LogP contribution in [-0.4, -0.2) is 29.5 Å². The first-order valence-electron chi connectivity index (χ1n) is 6.28. The number of benzene rings is 1. The van der Waals surface area contributed by atoms with E-state index in [0.29, 0.717) is 10.6 Å². The molecule has 1 aromatic carbocycles. The summed E-state index contributed by atoms with van der Waals surface area (Å²) in [7, 11) is -4.09. The van der Waals surface area contributed by atoms with Gasteiger partial charge in [-0.25, -0.2) is 23.9 Å². The SMILES string of the molecule is O=C(O)c1cnc(NS(=O)(=O)c2csc(-c3ccc(F)cc3)n2)o1. The zero-order valence-electron chi connectivity index (χ0n) is 11.6. The number of halogens is 1. The van der Waals surface area contributed by atoms with E-state index in [2.05, 4.69) is 9.97 Å². The van der Waals surface area contributed by atoms with Crippen LogP contribution < -0.4 is 4.72 Å². The van der Waals surface area contributed by atoms with Crippen molar-refractivity contribution in [3.8, 4) is 10.6 Å². The minimum Gasteiger partial charge on any atom is -0.475 e. The number of nitrogens with one attached hydrogen (secondary N) is 1. The zero-order chi connectivity index (χ0) is 17.3. The first-order valence-corrected chi connectivity index (χ1v) is 8.65. The third kappa shape index (κ3) is 3.26. The molecule has 0 aliphatic rings. The normalized spacial score (nSPS) is 11.4. The second kappa shape index (κ2) is 6.02. The van der Waals surface area contributed by atoms with E-state index in [4.69, 9.17) is 9.52 Å². The molecule has 0 radical (unpaired) electrons. The minimum absolute atomic E-state index is 0.290. The summed E-state index contributed by atoms with van der Waals surface area (Å²) in [6.07, 6.45) is 0.880. The number of carboxylic acid groups (broad SMARTS) is 1. The molecule has 2 aromatic heterocycles. The van der Waals surface area contributed by atoms with Gasteiger partial charge < -0.3 is 9.52 Å². The topological polar surface area (TPSA) is 122 Å². The van der Waals surface area contributed by atoms with Crippen molar-refractivity contribution in [3.63, 3.8) is 0 Å². The summed E-state index contributed by atoms with van der Waals surface area (Å²) in [5, 5.41) is 10.1. The standard InChI is InChI=1S/C13H8FN3O5S2/c14-8-3-1-7(2-4-8)11-16-10(6-23-11)24(20,21)17-13-15-5-9(22-13)12(18)19/h1-6H,(H,15,17)(H,18,19). The Kier molecular flexibility index (Phi) is 4.03. The van der Waals surface area contributed by atoms with E-state index < -0.39 is 33.6 Å². The lowest BCUT2D eigenvalue weighted by Crippen LogP contribution is -2.13.